The molecule has 2 rings (SSSR count). The van der Waals surface area contributed by atoms with Crippen molar-refractivity contribution in [1.29, 1.82) is 0 Å². The second-order valence-corrected chi connectivity index (χ2v) is 4.68. The first-order chi connectivity index (χ1) is 6.79. The van der Waals surface area contributed by atoms with E-state index in [-0.39, 0.29) is 0 Å². The summed E-state index contributed by atoms with van der Waals surface area (Å²) < 4.78 is 1.20. The van der Waals surface area contributed by atoms with Crippen molar-refractivity contribution < 1.29 is 0 Å². The van der Waals surface area contributed by atoms with Crippen LogP contribution in [0.4, 0.5) is 0 Å². The molecule has 2 N–H and O–H groups in total. The molecule has 2 heterocycles. The van der Waals surface area contributed by atoms with Gasteiger partial charge in [-0.15, -0.1) is 11.3 Å². The fraction of sp³-hybridized carbons (Fsp3) is 0.300. The predicted molar refractivity (Wildman–Crippen MR) is 62.0 cm³/mol. The Labute approximate surface area is 91.7 Å². The molecule has 0 saturated carbocycles. The number of nitrogens with two attached hydrogens (primary N) is 1. The Morgan fingerprint density at radius 1 is 1.43 bits per heavy atom. The number of halogens is 1. The predicted octanol–water partition coefficient (Wildman–Crippen LogP) is 2.84. The summed E-state index contributed by atoms with van der Waals surface area (Å²) in [6.07, 6.45) is 2.07. The van der Waals surface area contributed by atoms with Crippen molar-refractivity contribution in [2.75, 3.05) is 6.54 Å². The third-order valence-corrected chi connectivity index (χ3v) is 3.38. The average Bonchev–Trinajstić information content (AvgIpc) is 2.56. The molecule has 0 atom stereocenters. The zero-order valence-electron chi connectivity index (χ0n) is 7.66. The van der Waals surface area contributed by atoms with Gasteiger partial charge in [0, 0.05) is 4.88 Å². The maximum absolute atomic E-state index is 5.81. The lowest BCUT2D eigenvalue weighted by Crippen LogP contribution is -1.99. The van der Waals surface area contributed by atoms with Gasteiger partial charge in [0.2, 0.25) is 0 Å². The maximum atomic E-state index is 5.81. The van der Waals surface area contributed by atoms with Gasteiger partial charge >= 0.3 is 0 Å². The molecule has 2 nitrogen and oxygen atoms in total. The molecule has 0 spiro atoms. The number of fused-ring (bicyclic) bond motifs is 1. The standard InChI is InChI=1S/C10H11ClN2S/c11-10-4-3-9-8(13-10)6-7(14-9)2-1-5-12/h3-4,6H,1-2,5,12H2. The summed E-state index contributed by atoms with van der Waals surface area (Å²) >= 11 is 7.58. The van der Waals surface area contributed by atoms with E-state index in [1.54, 1.807) is 11.3 Å². The molecule has 0 aliphatic heterocycles. The summed E-state index contributed by atoms with van der Waals surface area (Å²) in [4.78, 5) is 5.58. The highest BCUT2D eigenvalue weighted by molar-refractivity contribution is 7.19. The molecule has 74 valence electrons. The topological polar surface area (TPSA) is 38.9 Å². The number of hydrogen-bond acceptors (Lipinski definition) is 3. The van der Waals surface area contributed by atoms with Crippen molar-refractivity contribution in [2.45, 2.75) is 12.8 Å². The number of rotatable bonds is 3. The third kappa shape index (κ3) is 2.05. The molecule has 0 aliphatic rings. The zero-order chi connectivity index (χ0) is 9.97. The highest BCUT2D eigenvalue weighted by Crippen LogP contribution is 2.26. The number of pyridine rings is 1. The fourth-order valence-electron chi connectivity index (χ4n) is 1.35. The molecule has 2 aromatic rings. The SMILES string of the molecule is NCCCc1cc2nc(Cl)ccc2s1. The summed E-state index contributed by atoms with van der Waals surface area (Å²) in [6, 6.07) is 5.94. The molecule has 0 aliphatic carbocycles. The van der Waals surface area contributed by atoms with Gasteiger partial charge in [0.15, 0.2) is 0 Å². The molecule has 0 bridgehead atoms. The van der Waals surface area contributed by atoms with Crippen LogP contribution in [-0.4, -0.2) is 11.5 Å². The van der Waals surface area contributed by atoms with Crippen molar-refractivity contribution in [2.24, 2.45) is 5.73 Å². The first-order valence-corrected chi connectivity index (χ1v) is 5.74. The van der Waals surface area contributed by atoms with Crippen LogP contribution in [0, 0.1) is 0 Å². The molecule has 0 amide bonds. The summed E-state index contributed by atoms with van der Waals surface area (Å²) in [7, 11) is 0. The minimum atomic E-state index is 0.556. The maximum Gasteiger partial charge on any atom is 0.129 e. The Kier molecular flexibility index (Phi) is 3.01. The molecule has 4 heteroatoms. The second-order valence-electron chi connectivity index (χ2n) is 3.12. The average molecular weight is 227 g/mol. The normalized spacial score (nSPS) is 11.0. The van der Waals surface area contributed by atoms with Crippen LogP contribution in [0.5, 0.6) is 0 Å². The molecule has 0 saturated heterocycles. The van der Waals surface area contributed by atoms with E-state index in [2.05, 4.69) is 11.1 Å². The van der Waals surface area contributed by atoms with E-state index in [0.717, 1.165) is 24.9 Å². The van der Waals surface area contributed by atoms with Crippen LogP contribution in [0.3, 0.4) is 0 Å². The summed E-state index contributed by atoms with van der Waals surface area (Å²) in [5.74, 6) is 0. The van der Waals surface area contributed by atoms with Gasteiger partial charge in [0.05, 0.1) is 10.2 Å². The molecule has 0 unspecified atom stereocenters. The van der Waals surface area contributed by atoms with Crippen LogP contribution in [0.15, 0.2) is 18.2 Å². The largest absolute Gasteiger partial charge is 0.330 e. The quantitative estimate of drug-likeness (QED) is 0.818. The van der Waals surface area contributed by atoms with Gasteiger partial charge in [0.1, 0.15) is 5.15 Å². The minimum absolute atomic E-state index is 0.556. The Balaban J connectivity index is 2.32. The molecule has 0 aromatic carbocycles. The highest BCUT2D eigenvalue weighted by Gasteiger charge is 2.02. The van der Waals surface area contributed by atoms with Crippen molar-refractivity contribution in [1.82, 2.24) is 4.98 Å². The van der Waals surface area contributed by atoms with E-state index < -0.39 is 0 Å². The van der Waals surface area contributed by atoms with Crippen LogP contribution in [0.2, 0.25) is 5.15 Å². The molecule has 0 radical (unpaired) electrons. The molecule has 14 heavy (non-hydrogen) atoms. The lowest BCUT2D eigenvalue weighted by molar-refractivity contribution is 0.843. The first-order valence-electron chi connectivity index (χ1n) is 4.54. The van der Waals surface area contributed by atoms with Crippen molar-refractivity contribution in [3.8, 4) is 0 Å². The van der Waals surface area contributed by atoms with E-state index in [9.17, 15) is 0 Å². The minimum Gasteiger partial charge on any atom is -0.330 e. The van der Waals surface area contributed by atoms with E-state index in [0.29, 0.717) is 5.15 Å². The monoisotopic (exact) mass is 226 g/mol. The Morgan fingerprint density at radius 2 is 2.29 bits per heavy atom. The Bertz CT molecular complexity index is 439. The molecule has 0 fully saturated rings. The van der Waals surface area contributed by atoms with Gasteiger partial charge in [-0.3, -0.25) is 0 Å². The molecular formula is C10H11ClN2S. The lowest BCUT2D eigenvalue weighted by atomic mass is 10.2. The van der Waals surface area contributed by atoms with Crippen molar-refractivity contribution >= 4 is 33.2 Å². The highest BCUT2D eigenvalue weighted by atomic mass is 35.5. The van der Waals surface area contributed by atoms with Crippen LogP contribution < -0.4 is 5.73 Å². The van der Waals surface area contributed by atoms with Gasteiger partial charge in [-0.05, 0) is 37.6 Å². The second kappa shape index (κ2) is 4.26. The molecule has 2 aromatic heterocycles. The number of hydrogen-bond donors (Lipinski definition) is 1. The number of thiophene rings is 1. The van der Waals surface area contributed by atoms with Gasteiger partial charge in [-0.2, -0.15) is 0 Å². The summed E-state index contributed by atoms with van der Waals surface area (Å²) in [5.41, 5.74) is 6.46. The summed E-state index contributed by atoms with van der Waals surface area (Å²) in [5, 5.41) is 0.556. The Morgan fingerprint density at radius 3 is 3.07 bits per heavy atom. The smallest absolute Gasteiger partial charge is 0.129 e. The van der Waals surface area contributed by atoms with E-state index in [1.807, 2.05) is 12.1 Å². The van der Waals surface area contributed by atoms with Crippen LogP contribution in [0.1, 0.15) is 11.3 Å². The third-order valence-electron chi connectivity index (χ3n) is 2.02. The van der Waals surface area contributed by atoms with Gasteiger partial charge in [-0.1, -0.05) is 11.6 Å². The van der Waals surface area contributed by atoms with Gasteiger partial charge < -0.3 is 5.73 Å². The van der Waals surface area contributed by atoms with Crippen LogP contribution in [0.25, 0.3) is 10.2 Å². The van der Waals surface area contributed by atoms with E-state index in [1.165, 1.54) is 9.58 Å². The van der Waals surface area contributed by atoms with Crippen LogP contribution >= 0.6 is 22.9 Å². The van der Waals surface area contributed by atoms with Crippen molar-refractivity contribution in [3.63, 3.8) is 0 Å². The summed E-state index contributed by atoms with van der Waals surface area (Å²) in [6.45, 7) is 0.739. The number of aryl methyl sites for hydroxylation is 1. The van der Waals surface area contributed by atoms with Crippen molar-refractivity contribution in [3.05, 3.63) is 28.2 Å². The Hall–Kier alpha value is -0.640. The lowest BCUT2D eigenvalue weighted by Gasteiger charge is -1.90. The number of nitrogens with zero attached hydrogens (tertiary/aromatic N) is 1. The van der Waals surface area contributed by atoms with Gasteiger partial charge in [0.25, 0.3) is 0 Å². The molecular weight excluding hydrogens is 216 g/mol. The van der Waals surface area contributed by atoms with E-state index >= 15 is 0 Å². The van der Waals surface area contributed by atoms with E-state index in [4.69, 9.17) is 17.3 Å². The first kappa shape index (κ1) is 9.90. The number of aromatic nitrogens is 1. The van der Waals surface area contributed by atoms with Gasteiger partial charge in [-0.25, -0.2) is 4.98 Å². The van der Waals surface area contributed by atoms with Crippen LogP contribution in [-0.2, 0) is 6.42 Å². The zero-order valence-corrected chi connectivity index (χ0v) is 9.24. The fourth-order valence-corrected chi connectivity index (χ4v) is 2.55.